The van der Waals surface area contributed by atoms with E-state index in [1.54, 1.807) is 33.5 Å². The van der Waals surface area contributed by atoms with Crippen LogP contribution in [-0.4, -0.2) is 73.0 Å². The van der Waals surface area contributed by atoms with Gasteiger partial charge in [0, 0.05) is 47.0 Å². The first kappa shape index (κ1) is 40.0. The highest BCUT2D eigenvalue weighted by Gasteiger charge is 2.28. The molecule has 0 saturated heterocycles. The van der Waals surface area contributed by atoms with Crippen LogP contribution in [0.4, 0.5) is 17.3 Å². The molecule has 0 amide bonds. The Bertz CT molecular complexity index is 2310. The lowest BCUT2D eigenvalue weighted by molar-refractivity contribution is -0.384. The normalized spacial score (nSPS) is 11.4. The van der Waals surface area contributed by atoms with Crippen molar-refractivity contribution in [3.8, 4) is 51.8 Å². The Morgan fingerprint density at radius 3 is 1.89 bits per heavy atom. The molecule has 2 heterocycles. The minimum Gasteiger partial charge on any atom is -0.497 e. The molecular formula is C42H42ClN7O7. The van der Waals surface area contributed by atoms with Crippen LogP contribution >= 0.6 is 11.6 Å². The zero-order valence-corrected chi connectivity index (χ0v) is 33.1. The minimum absolute atomic E-state index is 0.00746. The lowest BCUT2D eigenvalue weighted by Crippen LogP contribution is -2.51. The second-order valence-corrected chi connectivity index (χ2v) is 13.3. The maximum atomic E-state index is 11.5. The van der Waals surface area contributed by atoms with Gasteiger partial charge in [0.05, 0.1) is 57.9 Å². The second-order valence-electron chi connectivity index (χ2n) is 12.8. The standard InChI is InChI=1S/C42H42ClN7O7/c1-27(22-29-10-15-32(43)16-11-29)49(40-26-36(45-42(47-40)57-6)31-14-19-37(54-3)38(24-31)55-4)48(21-20-28-12-17-33(18-13-28)50(51)52)39-25-35(44-41(46-39)56-5)30-8-7-9-34(23-30)53-2/h7-19,23-27H,20-22H2,1-6H3. The summed E-state index contributed by atoms with van der Waals surface area (Å²) in [5, 5.41) is 16.2. The van der Waals surface area contributed by atoms with E-state index in [1.807, 2.05) is 88.9 Å². The zero-order chi connectivity index (χ0) is 40.5. The quantitative estimate of drug-likeness (QED) is 0.0645. The van der Waals surface area contributed by atoms with Crippen molar-refractivity contribution < 1.29 is 28.6 Å². The van der Waals surface area contributed by atoms with Gasteiger partial charge in [-0.2, -0.15) is 19.9 Å². The van der Waals surface area contributed by atoms with Crippen molar-refractivity contribution in [3.63, 3.8) is 0 Å². The molecular weight excluding hydrogens is 750 g/mol. The molecule has 0 spiro atoms. The number of hydrogen-bond acceptors (Lipinski definition) is 13. The highest BCUT2D eigenvalue weighted by Crippen LogP contribution is 2.36. The van der Waals surface area contributed by atoms with Crippen molar-refractivity contribution in [2.45, 2.75) is 25.8 Å². The number of rotatable bonds is 17. The van der Waals surface area contributed by atoms with Gasteiger partial charge in [0.15, 0.2) is 23.1 Å². The van der Waals surface area contributed by atoms with E-state index in [4.69, 9.17) is 55.2 Å². The van der Waals surface area contributed by atoms with Gasteiger partial charge in [-0.15, -0.1) is 0 Å². The summed E-state index contributed by atoms with van der Waals surface area (Å²) < 4.78 is 28.0. The van der Waals surface area contributed by atoms with Gasteiger partial charge in [0.2, 0.25) is 0 Å². The van der Waals surface area contributed by atoms with Crippen LogP contribution in [0.5, 0.6) is 29.3 Å². The van der Waals surface area contributed by atoms with Crippen molar-refractivity contribution in [1.29, 1.82) is 0 Å². The van der Waals surface area contributed by atoms with E-state index in [1.165, 1.54) is 26.4 Å². The summed E-state index contributed by atoms with van der Waals surface area (Å²) in [7, 11) is 7.79. The van der Waals surface area contributed by atoms with Crippen LogP contribution in [-0.2, 0) is 12.8 Å². The van der Waals surface area contributed by atoms with E-state index in [2.05, 4.69) is 6.92 Å². The molecule has 0 fully saturated rings. The zero-order valence-electron chi connectivity index (χ0n) is 32.4. The van der Waals surface area contributed by atoms with Gasteiger partial charge < -0.3 is 23.7 Å². The first-order valence-corrected chi connectivity index (χ1v) is 18.3. The molecule has 15 heteroatoms. The van der Waals surface area contributed by atoms with Gasteiger partial charge in [-0.3, -0.25) is 20.1 Å². The van der Waals surface area contributed by atoms with Crippen LogP contribution in [0.15, 0.2) is 103 Å². The fourth-order valence-electron chi connectivity index (χ4n) is 6.32. The highest BCUT2D eigenvalue weighted by molar-refractivity contribution is 6.30. The molecule has 1 atom stereocenters. The Morgan fingerprint density at radius 1 is 0.667 bits per heavy atom. The van der Waals surface area contributed by atoms with Crippen LogP contribution in [0.25, 0.3) is 22.5 Å². The molecule has 0 aliphatic carbocycles. The second kappa shape index (κ2) is 18.3. The molecule has 294 valence electrons. The molecule has 6 rings (SSSR count). The number of ether oxygens (including phenoxy) is 5. The number of halogens is 1. The summed E-state index contributed by atoms with van der Waals surface area (Å²) in [6.45, 7) is 2.43. The summed E-state index contributed by atoms with van der Waals surface area (Å²) in [5.41, 5.74) is 4.59. The lowest BCUT2D eigenvalue weighted by Gasteiger charge is -2.41. The minimum atomic E-state index is -0.415. The molecule has 57 heavy (non-hydrogen) atoms. The van der Waals surface area contributed by atoms with E-state index in [-0.39, 0.29) is 23.8 Å². The van der Waals surface area contributed by atoms with E-state index in [0.717, 1.165) is 22.3 Å². The first-order chi connectivity index (χ1) is 27.6. The van der Waals surface area contributed by atoms with Crippen LogP contribution in [0.1, 0.15) is 18.1 Å². The van der Waals surface area contributed by atoms with Crippen LogP contribution < -0.4 is 33.7 Å². The van der Waals surface area contributed by atoms with Gasteiger partial charge in [0.25, 0.3) is 5.69 Å². The number of anilines is 2. The first-order valence-electron chi connectivity index (χ1n) is 17.9. The highest BCUT2D eigenvalue weighted by atomic mass is 35.5. The molecule has 0 aliphatic rings. The van der Waals surface area contributed by atoms with E-state index < -0.39 is 4.92 Å². The van der Waals surface area contributed by atoms with Crippen molar-refractivity contribution in [1.82, 2.24) is 19.9 Å². The Balaban J connectivity index is 1.56. The SMILES string of the molecule is COc1cccc(-c2cc(N(CCc3ccc([N+](=O)[O-])cc3)N(c3cc(-c4ccc(OC)c(OC)c4)nc(OC)n3)C(C)Cc3ccc(Cl)cc3)nc(OC)n2)c1. The van der Waals surface area contributed by atoms with Crippen molar-refractivity contribution in [3.05, 3.63) is 129 Å². The topological polar surface area (TPSA) is 147 Å². The molecule has 0 bridgehead atoms. The summed E-state index contributed by atoms with van der Waals surface area (Å²) >= 11 is 6.29. The number of hydrogen-bond donors (Lipinski definition) is 0. The van der Waals surface area contributed by atoms with E-state index >= 15 is 0 Å². The molecule has 14 nitrogen and oxygen atoms in total. The van der Waals surface area contributed by atoms with Gasteiger partial charge in [-0.05, 0) is 73.4 Å². The number of benzene rings is 4. The van der Waals surface area contributed by atoms with Crippen LogP contribution in [0, 0.1) is 10.1 Å². The molecule has 2 aromatic heterocycles. The number of non-ortho nitro benzene ring substituents is 1. The smallest absolute Gasteiger partial charge is 0.318 e. The monoisotopic (exact) mass is 791 g/mol. The molecule has 4 aromatic carbocycles. The van der Waals surface area contributed by atoms with Gasteiger partial charge >= 0.3 is 12.0 Å². The van der Waals surface area contributed by atoms with Gasteiger partial charge in [0.1, 0.15) is 5.75 Å². The third-order valence-corrected chi connectivity index (χ3v) is 9.43. The number of nitrogens with zero attached hydrogens (tertiary/aromatic N) is 7. The summed E-state index contributed by atoms with van der Waals surface area (Å²) in [6, 6.07) is 31.1. The molecule has 0 aliphatic heterocycles. The molecule has 0 saturated carbocycles. The third-order valence-electron chi connectivity index (χ3n) is 9.17. The van der Waals surface area contributed by atoms with E-state index in [0.29, 0.717) is 64.7 Å². The lowest BCUT2D eigenvalue weighted by atomic mass is 10.1. The molecule has 6 aromatic rings. The largest absolute Gasteiger partial charge is 0.497 e. The number of nitro benzene ring substituents is 1. The number of hydrazine groups is 1. The Kier molecular flexibility index (Phi) is 12.9. The summed E-state index contributed by atoms with van der Waals surface area (Å²) in [5.74, 6) is 2.76. The van der Waals surface area contributed by atoms with E-state index in [9.17, 15) is 10.1 Å². The maximum absolute atomic E-state index is 11.5. The predicted molar refractivity (Wildman–Crippen MR) is 219 cm³/mol. The fraction of sp³-hybridized carbons (Fsp3) is 0.238. The number of nitro groups is 1. The molecule has 0 radical (unpaired) electrons. The van der Waals surface area contributed by atoms with Crippen molar-refractivity contribution in [2.75, 3.05) is 52.1 Å². The Morgan fingerprint density at radius 2 is 1.28 bits per heavy atom. The van der Waals surface area contributed by atoms with Crippen LogP contribution in [0.3, 0.4) is 0 Å². The Hall–Kier alpha value is -6.67. The average molecular weight is 792 g/mol. The summed E-state index contributed by atoms with van der Waals surface area (Å²) in [4.78, 5) is 30.3. The van der Waals surface area contributed by atoms with Gasteiger partial charge in [-0.1, -0.05) is 48.0 Å². The average Bonchev–Trinajstić information content (AvgIpc) is 3.25. The predicted octanol–water partition coefficient (Wildman–Crippen LogP) is 8.31. The maximum Gasteiger partial charge on any atom is 0.318 e. The fourth-order valence-corrected chi connectivity index (χ4v) is 6.45. The van der Waals surface area contributed by atoms with Crippen LogP contribution in [0.2, 0.25) is 5.02 Å². The summed E-state index contributed by atoms with van der Waals surface area (Å²) in [6.07, 6.45) is 1.03. The third kappa shape index (κ3) is 9.59. The number of methoxy groups -OCH3 is 5. The number of aromatic nitrogens is 4. The van der Waals surface area contributed by atoms with Gasteiger partial charge in [-0.25, -0.2) is 0 Å². The molecule has 0 N–H and O–H groups in total. The Labute approximate surface area is 335 Å². The molecule has 1 unspecified atom stereocenters. The van der Waals surface area contributed by atoms with Crippen molar-refractivity contribution >= 4 is 28.9 Å². The van der Waals surface area contributed by atoms with Crippen molar-refractivity contribution in [2.24, 2.45) is 0 Å².